The van der Waals surface area contributed by atoms with E-state index in [1.807, 2.05) is 19.2 Å². The molecule has 7 heteroatoms. The summed E-state index contributed by atoms with van der Waals surface area (Å²) in [5.74, 6) is 1.66. The summed E-state index contributed by atoms with van der Waals surface area (Å²) in [5.41, 5.74) is 2.68. The van der Waals surface area contributed by atoms with E-state index in [0.717, 1.165) is 29.7 Å². The van der Waals surface area contributed by atoms with Gasteiger partial charge in [0.05, 0.1) is 16.9 Å². The van der Waals surface area contributed by atoms with Crippen molar-refractivity contribution in [2.24, 2.45) is 0 Å². The molecule has 5 nitrogen and oxygen atoms in total. The van der Waals surface area contributed by atoms with Gasteiger partial charge in [0, 0.05) is 10.6 Å². The van der Waals surface area contributed by atoms with Gasteiger partial charge in [0.2, 0.25) is 5.95 Å². The standard InChI is InChI=1S/C17H19Cl2N5/c1-4-5-10(2)13-9-20-24-16(13)21-11(3)22-17(24)23-15-7-6-12(18)8-14(15)19/h6-10H,4-5H2,1-3H3,(H,21,22,23). The van der Waals surface area contributed by atoms with Gasteiger partial charge in [-0.05, 0) is 37.5 Å². The van der Waals surface area contributed by atoms with Gasteiger partial charge in [0.25, 0.3) is 0 Å². The molecule has 0 aliphatic carbocycles. The molecule has 3 rings (SSSR count). The highest BCUT2D eigenvalue weighted by atomic mass is 35.5. The summed E-state index contributed by atoms with van der Waals surface area (Å²) in [7, 11) is 0. The number of anilines is 2. The number of aryl methyl sites for hydroxylation is 1. The minimum atomic E-state index is 0.397. The first-order valence-corrected chi connectivity index (χ1v) is 8.69. The van der Waals surface area contributed by atoms with Crippen molar-refractivity contribution in [1.82, 2.24) is 19.6 Å². The van der Waals surface area contributed by atoms with Crippen molar-refractivity contribution in [2.75, 3.05) is 5.32 Å². The number of nitrogens with one attached hydrogen (secondary N) is 1. The number of benzene rings is 1. The Morgan fingerprint density at radius 1 is 1.25 bits per heavy atom. The van der Waals surface area contributed by atoms with Crippen LogP contribution >= 0.6 is 23.2 Å². The van der Waals surface area contributed by atoms with Gasteiger partial charge in [-0.1, -0.05) is 43.5 Å². The summed E-state index contributed by atoms with van der Waals surface area (Å²) < 4.78 is 1.72. The zero-order valence-electron chi connectivity index (χ0n) is 13.8. The molecule has 1 unspecified atom stereocenters. The number of hydrogen-bond acceptors (Lipinski definition) is 4. The summed E-state index contributed by atoms with van der Waals surface area (Å²) in [6.07, 6.45) is 4.09. The van der Waals surface area contributed by atoms with Crippen LogP contribution in [0.2, 0.25) is 10.0 Å². The average molecular weight is 364 g/mol. The Bertz CT molecular complexity index is 875. The second-order valence-electron chi connectivity index (χ2n) is 5.87. The van der Waals surface area contributed by atoms with Crippen LogP contribution in [0.25, 0.3) is 5.65 Å². The molecule has 1 N–H and O–H groups in total. The topological polar surface area (TPSA) is 55.1 Å². The van der Waals surface area contributed by atoms with E-state index < -0.39 is 0 Å². The summed E-state index contributed by atoms with van der Waals surface area (Å²) in [6.45, 7) is 6.25. The zero-order chi connectivity index (χ0) is 17.3. The maximum Gasteiger partial charge on any atom is 0.232 e. The molecule has 1 aromatic carbocycles. The third-order valence-electron chi connectivity index (χ3n) is 3.94. The van der Waals surface area contributed by atoms with Gasteiger partial charge >= 0.3 is 0 Å². The number of halogens is 2. The number of rotatable bonds is 5. The van der Waals surface area contributed by atoms with Crippen molar-refractivity contribution in [1.29, 1.82) is 0 Å². The third-order valence-corrected chi connectivity index (χ3v) is 4.49. The second-order valence-corrected chi connectivity index (χ2v) is 6.71. The highest BCUT2D eigenvalue weighted by molar-refractivity contribution is 6.36. The molecule has 126 valence electrons. The summed E-state index contributed by atoms with van der Waals surface area (Å²) in [5, 5.41) is 8.81. The monoisotopic (exact) mass is 363 g/mol. The second kappa shape index (κ2) is 6.95. The molecule has 0 radical (unpaired) electrons. The molecule has 0 amide bonds. The SMILES string of the molecule is CCCC(C)c1cnn2c(Nc3ccc(Cl)cc3Cl)nc(C)nc12. The predicted octanol–water partition coefficient (Wildman–Crippen LogP) is 5.39. The predicted molar refractivity (Wildman–Crippen MR) is 98.6 cm³/mol. The molecular formula is C17H19Cl2N5. The van der Waals surface area contributed by atoms with Gasteiger partial charge in [0.1, 0.15) is 5.82 Å². The Hall–Kier alpha value is -1.85. The van der Waals surface area contributed by atoms with Crippen LogP contribution in [-0.2, 0) is 0 Å². The molecule has 0 saturated heterocycles. The highest BCUT2D eigenvalue weighted by Gasteiger charge is 2.16. The van der Waals surface area contributed by atoms with Crippen LogP contribution in [0.4, 0.5) is 11.6 Å². The van der Waals surface area contributed by atoms with E-state index in [1.165, 1.54) is 0 Å². The van der Waals surface area contributed by atoms with E-state index in [-0.39, 0.29) is 0 Å². The maximum absolute atomic E-state index is 6.25. The van der Waals surface area contributed by atoms with Crippen molar-refractivity contribution in [3.05, 3.63) is 45.8 Å². The largest absolute Gasteiger partial charge is 0.323 e. The van der Waals surface area contributed by atoms with E-state index in [4.69, 9.17) is 23.2 Å². The van der Waals surface area contributed by atoms with Gasteiger partial charge in [-0.15, -0.1) is 0 Å². The van der Waals surface area contributed by atoms with Crippen LogP contribution < -0.4 is 5.32 Å². The Labute approximate surface area is 151 Å². The lowest BCUT2D eigenvalue weighted by Crippen LogP contribution is -2.07. The molecule has 0 saturated carbocycles. The lowest BCUT2D eigenvalue weighted by molar-refractivity contribution is 0.667. The summed E-state index contributed by atoms with van der Waals surface area (Å²) >= 11 is 12.2. The Morgan fingerprint density at radius 2 is 2.04 bits per heavy atom. The van der Waals surface area contributed by atoms with Gasteiger partial charge < -0.3 is 5.32 Å². The molecule has 0 aliphatic heterocycles. The van der Waals surface area contributed by atoms with E-state index in [9.17, 15) is 0 Å². The van der Waals surface area contributed by atoms with E-state index in [2.05, 4.69) is 34.2 Å². The molecule has 2 heterocycles. The van der Waals surface area contributed by atoms with E-state index in [0.29, 0.717) is 27.7 Å². The molecule has 24 heavy (non-hydrogen) atoms. The first kappa shape index (κ1) is 17.0. The minimum absolute atomic E-state index is 0.397. The summed E-state index contributed by atoms with van der Waals surface area (Å²) in [4.78, 5) is 9.04. The van der Waals surface area contributed by atoms with Crippen molar-refractivity contribution in [3.8, 4) is 0 Å². The van der Waals surface area contributed by atoms with Crippen LogP contribution in [0, 0.1) is 6.92 Å². The van der Waals surface area contributed by atoms with Crippen molar-refractivity contribution >= 4 is 40.5 Å². The fraction of sp³-hybridized carbons (Fsp3) is 0.353. The minimum Gasteiger partial charge on any atom is -0.323 e. The Balaban J connectivity index is 2.05. The van der Waals surface area contributed by atoms with Crippen LogP contribution in [-0.4, -0.2) is 19.6 Å². The van der Waals surface area contributed by atoms with Gasteiger partial charge in [0.15, 0.2) is 5.65 Å². The fourth-order valence-electron chi connectivity index (χ4n) is 2.73. The lowest BCUT2D eigenvalue weighted by Gasteiger charge is -2.11. The van der Waals surface area contributed by atoms with Crippen molar-refractivity contribution in [2.45, 2.75) is 39.5 Å². The van der Waals surface area contributed by atoms with E-state index in [1.54, 1.807) is 16.6 Å². The number of aromatic nitrogens is 4. The molecule has 0 aliphatic rings. The first-order valence-electron chi connectivity index (χ1n) is 7.94. The third kappa shape index (κ3) is 3.32. The smallest absolute Gasteiger partial charge is 0.232 e. The van der Waals surface area contributed by atoms with Crippen LogP contribution in [0.3, 0.4) is 0 Å². The van der Waals surface area contributed by atoms with Gasteiger partial charge in [-0.25, -0.2) is 4.98 Å². The normalized spacial score (nSPS) is 12.5. The maximum atomic E-state index is 6.25. The zero-order valence-corrected chi connectivity index (χ0v) is 15.4. The number of hydrogen-bond donors (Lipinski definition) is 1. The lowest BCUT2D eigenvalue weighted by atomic mass is 9.99. The van der Waals surface area contributed by atoms with Gasteiger partial charge in [-0.3, -0.25) is 0 Å². The molecule has 0 fully saturated rings. The van der Waals surface area contributed by atoms with Crippen molar-refractivity contribution in [3.63, 3.8) is 0 Å². The molecular weight excluding hydrogens is 345 g/mol. The molecule has 0 bridgehead atoms. The first-order chi connectivity index (χ1) is 11.5. The quantitative estimate of drug-likeness (QED) is 0.660. The summed E-state index contributed by atoms with van der Waals surface area (Å²) in [6, 6.07) is 5.28. The van der Waals surface area contributed by atoms with Crippen LogP contribution in [0.15, 0.2) is 24.4 Å². The molecule has 3 aromatic rings. The Kier molecular flexibility index (Phi) is 4.92. The average Bonchev–Trinajstić information content (AvgIpc) is 2.94. The van der Waals surface area contributed by atoms with Crippen LogP contribution in [0.1, 0.15) is 44.0 Å². The van der Waals surface area contributed by atoms with Crippen LogP contribution in [0.5, 0.6) is 0 Å². The molecule has 1 atom stereocenters. The molecule has 0 spiro atoms. The Morgan fingerprint density at radius 3 is 2.75 bits per heavy atom. The van der Waals surface area contributed by atoms with Gasteiger partial charge in [-0.2, -0.15) is 14.6 Å². The fourth-order valence-corrected chi connectivity index (χ4v) is 3.18. The van der Waals surface area contributed by atoms with E-state index >= 15 is 0 Å². The van der Waals surface area contributed by atoms with Crippen molar-refractivity contribution < 1.29 is 0 Å². The number of fused-ring (bicyclic) bond motifs is 1. The molecule has 2 aromatic heterocycles. The highest BCUT2D eigenvalue weighted by Crippen LogP contribution is 2.29. The number of nitrogens with zero attached hydrogens (tertiary/aromatic N) is 4.